The first-order valence-corrected chi connectivity index (χ1v) is 7.67. The number of carboxylic acid groups (broad SMARTS) is 1. The molecular formula is C12H17AlFN2O4. The predicted octanol–water partition coefficient (Wildman–Crippen LogP) is -0.884. The molecule has 0 aliphatic heterocycles. The van der Waals surface area contributed by atoms with Crippen LogP contribution in [0.4, 0.5) is 4.39 Å². The molecule has 0 saturated heterocycles. The Morgan fingerprint density at radius 3 is 2.55 bits per heavy atom. The zero-order valence-corrected chi connectivity index (χ0v) is 12.4. The van der Waals surface area contributed by atoms with Crippen LogP contribution in [-0.4, -0.2) is 44.6 Å². The van der Waals surface area contributed by atoms with Crippen molar-refractivity contribution in [3.8, 4) is 5.75 Å². The van der Waals surface area contributed by atoms with Crippen LogP contribution in [0.1, 0.15) is 17.4 Å². The normalized spacial score (nSPS) is 13.7. The number of carboxylic acids is 1. The molecule has 6 nitrogen and oxygen atoms in total. The zero-order chi connectivity index (χ0) is 15.4. The number of ether oxygens (including phenoxy) is 1. The van der Waals surface area contributed by atoms with Crippen molar-refractivity contribution >= 4 is 25.6 Å². The van der Waals surface area contributed by atoms with Crippen molar-refractivity contribution in [1.82, 2.24) is 0 Å². The predicted molar refractivity (Wildman–Crippen MR) is 72.7 cm³/mol. The van der Waals surface area contributed by atoms with Crippen LogP contribution in [0.2, 0.25) is 5.79 Å². The van der Waals surface area contributed by atoms with Gasteiger partial charge in [-0.05, 0) is 17.2 Å². The summed E-state index contributed by atoms with van der Waals surface area (Å²) < 4.78 is 19.6. The van der Waals surface area contributed by atoms with Crippen molar-refractivity contribution in [2.24, 2.45) is 11.5 Å². The highest BCUT2D eigenvalue weighted by Gasteiger charge is 2.23. The number of methoxy groups -OCH3 is 1. The Hall–Kier alpha value is -1.17. The van der Waals surface area contributed by atoms with E-state index in [0.717, 1.165) is 6.07 Å². The highest BCUT2D eigenvalue weighted by molar-refractivity contribution is 6.53. The van der Waals surface area contributed by atoms with E-state index >= 15 is 0 Å². The lowest BCUT2D eigenvalue weighted by atomic mass is 10.0. The highest BCUT2D eigenvalue weighted by Crippen LogP contribution is 2.25. The monoisotopic (exact) mass is 299 g/mol. The fourth-order valence-electron chi connectivity index (χ4n) is 2.04. The van der Waals surface area contributed by atoms with Gasteiger partial charge in [0, 0.05) is 6.42 Å². The fraction of sp³-hybridized carbons (Fsp3) is 0.417. The van der Waals surface area contributed by atoms with Gasteiger partial charge in [0.15, 0.2) is 11.6 Å². The quantitative estimate of drug-likeness (QED) is 0.400. The highest BCUT2D eigenvalue weighted by atomic mass is 27.1. The van der Waals surface area contributed by atoms with Crippen molar-refractivity contribution in [2.75, 3.05) is 7.11 Å². The van der Waals surface area contributed by atoms with Crippen LogP contribution in [0.3, 0.4) is 0 Å². The van der Waals surface area contributed by atoms with Crippen molar-refractivity contribution in [1.29, 1.82) is 0 Å². The second-order valence-corrected chi connectivity index (χ2v) is 5.41. The summed E-state index contributed by atoms with van der Waals surface area (Å²) in [6.07, 6.45) is -1.43. The number of hydrogen-bond donors (Lipinski definition) is 4. The molecule has 0 saturated carbocycles. The molecular weight excluding hydrogens is 282 g/mol. The van der Waals surface area contributed by atoms with Gasteiger partial charge >= 0.3 is 5.97 Å². The van der Waals surface area contributed by atoms with E-state index < -0.39 is 24.1 Å². The summed E-state index contributed by atoms with van der Waals surface area (Å²) in [5.41, 5.74) is 11.5. The Morgan fingerprint density at radius 2 is 2.15 bits per heavy atom. The molecule has 1 aromatic carbocycles. The molecule has 0 aliphatic rings. The smallest absolute Gasteiger partial charge is 0.320 e. The van der Waals surface area contributed by atoms with E-state index in [2.05, 4.69) is 0 Å². The Balaban J connectivity index is 3.46. The lowest BCUT2D eigenvalue weighted by molar-refractivity contribution is -0.138. The number of nitrogens with two attached hydrogens (primary N) is 2. The van der Waals surface area contributed by atoms with Crippen LogP contribution in [0.5, 0.6) is 5.75 Å². The lowest BCUT2D eigenvalue weighted by Gasteiger charge is -2.21. The molecule has 20 heavy (non-hydrogen) atoms. The third kappa shape index (κ3) is 3.48. The number of hydrogen-bond acceptors (Lipinski definition) is 5. The van der Waals surface area contributed by atoms with E-state index in [1.54, 1.807) is 0 Å². The molecule has 1 rings (SSSR count). The first-order valence-electron chi connectivity index (χ1n) is 5.94. The molecule has 2 atom stereocenters. The average Bonchev–Trinajstić information content (AvgIpc) is 2.38. The second-order valence-electron chi connectivity index (χ2n) is 4.26. The maximum atomic E-state index is 14.0. The molecule has 1 aromatic rings. The van der Waals surface area contributed by atoms with Gasteiger partial charge in [0.1, 0.15) is 12.3 Å². The molecule has 0 aliphatic carbocycles. The summed E-state index contributed by atoms with van der Waals surface area (Å²) in [5.74, 6) is -0.0659. The van der Waals surface area contributed by atoms with Gasteiger partial charge < -0.3 is 26.4 Å². The summed E-state index contributed by atoms with van der Waals surface area (Å²) in [6.45, 7) is 0. The van der Waals surface area contributed by atoms with E-state index in [9.17, 15) is 14.3 Å². The van der Waals surface area contributed by atoms with Gasteiger partial charge in [-0.2, -0.15) is 0 Å². The van der Waals surface area contributed by atoms with Gasteiger partial charge in [-0.3, -0.25) is 4.79 Å². The molecule has 8 heteroatoms. The number of aliphatic hydroxyl groups excluding tert-OH is 1. The molecule has 0 amide bonds. The lowest BCUT2D eigenvalue weighted by Crippen LogP contribution is -2.37. The van der Waals surface area contributed by atoms with E-state index in [1.807, 2.05) is 5.79 Å². The number of aliphatic hydroxyl groups is 1. The first-order chi connectivity index (χ1) is 9.33. The van der Waals surface area contributed by atoms with E-state index in [4.69, 9.17) is 21.3 Å². The Kier molecular flexibility index (Phi) is 5.92. The van der Waals surface area contributed by atoms with Gasteiger partial charge in [0.05, 0.1) is 7.11 Å². The zero-order valence-electron chi connectivity index (χ0n) is 11.3. The summed E-state index contributed by atoms with van der Waals surface area (Å²) >= 11 is -0.342. The molecule has 0 aromatic heterocycles. The number of carbonyl (C=O) groups is 1. The van der Waals surface area contributed by atoms with Crippen molar-refractivity contribution < 1.29 is 24.1 Å². The fourth-order valence-corrected chi connectivity index (χ4v) is 3.22. The van der Waals surface area contributed by atoms with Gasteiger partial charge in [-0.15, -0.1) is 10.2 Å². The third-order valence-corrected chi connectivity index (χ3v) is 4.22. The van der Waals surface area contributed by atoms with Crippen molar-refractivity contribution in [2.45, 2.75) is 24.5 Å². The van der Waals surface area contributed by atoms with Gasteiger partial charge in [-0.1, -0.05) is 0 Å². The summed E-state index contributed by atoms with van der Waals surface area (Å²) in [4.78, 5) is 10.9. The standard InChI is InChI=1S/C11H14FN2O4.CH3.Al/c1-18-9-5(4-8(13)11(16)17)2-6(10(14)15)3-7(9)12;;/h3,8,10,15H,4,13-14H2,1H3,(H,16,17);1H3;. The Bertz CT molecular complexity index is 511. The third-order valence-electron chi connectivity index (χ3n) is 2.96. The second kappa shape index (κ2) is 7.02. The number of halogens is 1. The molecule has 0 bridgehead atoms. The van der Waals surface area contributed by atoms with Crippen molar-refractivity contribution in [3.63, 3.8) is 0 Å². The summed E-state index contributed by atoms with van der Waals surface area (Å²) in [6, 6.07) is -0.0661. The van der Waals surface area contributed by atoms with Gasteiger partial charge in [0.25, 0.3) is 0 Å². The topological polar surface area (TPSA) is 119 Å². The van der Waals surface area contributed by atoms with E-state index in [-0.39, 0.29) is 33.0 Å². The SMILES string of the molecule is COc1c(F)cc(C(N)O)[c]([Al][CH3])c1CC(N)C(=O)O. The number of rotatable bonds is 6. The summed E-state index contributed by atoms with van der Waals surface area (Å²) in [7, 11) is 1.29. The largest absolute Gasteiger partial charge is 0.493 e. The van der Waals surface area contributed by atoms with Crippen molar-refractivity contribution in [3.05, 3.63) is 23.0 Å². The first kappa shape index (κ1) is 16.9. The molecule has 0 heterocycles. The maximum Gasteiger partial charge on any atom is 0.320 e. The average molecular weight is 299 g/mol. The van der Waals surface area contributed by atoms with Crippen LogP contribution >= 0.6 is 0 Å². The summed E-state index contributed by atoms with van der Waals surface area (Å²) in [5, 5.41) is 18.4. The maximum absolute atomic E-state index is 14.0. The van der Waals surface area contributed by atoms with Crippen LogP contribution < -0.4 is 20.6 Å². The molecule has 0 spiro atoms. The van der Waals surface area contributed by atoms with Crippen LogP contribution in [-0.2, 0) is 11.2 Å². The van der Waals surface area contributed by atoms with E-state index in [0.29, 0.717) is 9.99 Å². The van der Waals surface area contributed by atoms with Crippen LogP contribution in [0.25, 0.3) is 0 Å². The van der Waals surface area contributed by atoms with E-state index in [1.165, 1.54) is 7.11 Å². The molecule has 1 radical (unpaired) electrons. The Morgan fingerprint density at radius 1 is 1.55 bits per heavy atom. The number of benzene rings is 1. The number of aliphatic carboxylic acids is 1. The molecule has 0 fully saturated rings. The minimum atomic E-state index is -1.34. The van der Waals surface area contributed by atoms with Gasteiger partial charge in [0.2, 0.25) is 15.2 Å². The molecule has 6 N–H and O–H groups in total. The Labute approximate surface area is 122 Å². The molecule has 109 valence electrons. The minimum absolute atomic E-state index is 0.0459. The minimum Gasteiger partial charge on any atom is -0.493 e. The molecule has 2 unspecified atom stereocenters. The van der Waals surface area contributed by atoms with Crippen LogP contribution in [0, 0.1) is 5.82 Å². The van der Waals surface area contributed by atoms with Crippen LogP contribution in [0.15, 0.2) is 6.07 Å². The van der Waals surface area contributed by atoms with Gasteiger partial charge in [-0.25, -0.2) is 4.39 Å².